The minimum Gasteiger partial charge on any atom is -0.440 e. The molecule has 0 aliphatic heterocycles. The fraction of sp³-hybridized carbons (Fsp3) is 0.400. The van der Waals surface area contributed by atoms with E-state index in [2.05, 4.69) is 11.3 Å². The molecule has 0 fully saturated rings. The third-order valence-corrected chi connectivity index (χ3v) is 0.781. The van der Waals surface area contributed by atoms with Gasteiger partial charge in [0.15, 0.2) is 5.56 Å². The molecule has 0 heterocycles. The molecule has 0 saturated heterocycles. The van der Waals surface area contributed by atoms with E-state index in [-0.39, 0.29) is 6.61 Å². The molecule has 0 saturated carbocycles. The number of halogens is 1. The number of ether oxygens (including phenoxy) is 1. The van der Waals surface area contributed by atoms with Crippen LogP contribution in [0.1, 0.15) is 0 Å². The molecule has 0 aromatic heterocycles. The molecular formula is C5H7ClO3. The van der Waals surface area contributed by atoms with Gasteiger partial charge in [0.1, 0.15) is 0 Å². The highest BCUT2D eigenvalue weighted by Crippen LogP contribution is 1.96. The van der Waals surface area contributed by atoms with Gasteiger partial charge in [-0.25, -0.2) is 4.79 Å². The highest BCUT2D eigenvalue weighted by atomic mass is 35.5. The Balaban J connectivity index is 3.46. The first-order valence-corrected chi connectivity index (χ1v) is 2.72. The Hall–Kier alpha value is -0.540. The van der Waals surface area contributed by atoms with Gasteiger partial charge in [-0.05, 0) is 0 Å². The highest BCUT2D eigenvalue weighted by Gasteiger charge is 2.04. The van der Waals surface area contributed by atoms with Gasteiger partial charge in [0.2, 0.25) is 0 Å². The fourth-order valence-corrected chi connectivity index (χ4v) is 0.299. The lowest BCUT2D eigenvalue weighted by Crippen LogP contribution is -2.13. The first-order chi connectivity index (χ1) is 4.20. The Kier molecular flexibility index (Phi) is 4.09. The van der Waals surface area contributed by atoms with Crippen LogP contribution in [0.4, 0.5) is 0 Å². The second kappa shape index (κ2) is 4.35. The molecule has 1 N–H and O–H groups in total. The number of carbonyl (C=O) groups is 1. The molecule has 9 heavy (non-hydrogen) atoms. The molecule has 0 rings (SSSR count). The first-order valence-electron chi connectivity index (χ1n) is 2.28. The SMILES string of the molecule is C=CC(=O)OC(Cl)CO. The minimum atomic E-state index is -0.963. The summed E-state index contributed by atoms with van der Waals surface area (Å²) in [5.41, 5.74) is -0.963. The lowest BCUT2D eigenvalue weighted by molar-refractivity contribution is -0.140. The van der Waals surface area contributed by atoms with Crippen LogP contribution in [0.5, 0.6) is 0 Å². The Labute approximate surface area is 57.9 Å². The predicted molar refractivity (Wildman–Crippen MR) is 33.0 cm³/mol. The van der Waals surface area contributed by atoms with Crippen molar-refractivity contribution >= 4 is 17.6 Å². The molecule has 3 nitrogen and oxygen atoms in total. The zero-order valence-corrected chi connectivity index (χ0v) is 5.47. The van der Waals surface area contributed by atoms with Gasteiger partial charge in [0.25, 0.3) is 0 Å². The summed E-state index contributed by atoms with van der Waals surface area (Å²) in [5.74, 6) is -0.635. The maximum absolute atomic E-state index is 10.2. The molecule has 0 aliphatic carbocycles. The molecule has 0 aromatic rings. The maximum Gasteiger partial charge on any atom is 0.331 e. The van der Waals surface area contributed by atoms with E-state index in [1.165, 1.54) is 0 Å². The average Bonchev–Trinajstić information content (AvgIpc) is 1.87. The van der Waals surface area contributed by atoms with Gasteiger partial charge >= 0.3 is 5.97 Å². The Morgan fingerprint density at radius 1 is 2.00 bits per heavy atom. The van der Waals surface area contributed by atoms with E-state index in [0.717, 1.165) is 6.08 Å². The van der Waals surface area contributed by atoms with Crippen molar-refractivity contribution in [2.75, 3.05) is 6.61 Å². The van der Waals surface area contributed by atoms with Crippen LogP contribution in [0, 0.1) is 0 Å². The Morgan fingerprint density at radius 2 is 2.56 bits per heavy atom. The van der Waals surface area contributed by atoms with Crippen molar-refractivity contribution in [2.45, 2.75) is 5.56 Å². The van der Waals surface area contributed by atoms with Crippen LogP contribution in [-0.4, -0.2) is 23.2 Å². The average molecular weight is 151 g/mol. The summed E-state index contributed by atoms with van der Waals surface area (Å²) in [7, 11) is 0. The van der Waals surface area contributed by atoms with Crippen molar-refractivity contribution in [1.82, 2.24) is 0 Å². The molecule has 0 amide bonds. The van der Waals surface area contributed by atoms with Crippen LogP contribution in [0.25, 0.3) is 0 Å². The number of hydrogen-bond acceptors (Lipinski definition) is 3. The van der Waals surface area contributed by atoms with E-state index >= 15 is 0 Å². The van der Waals surface area contributed by atoms with Crippen LogP contribution in [0.15, 0.2) is 12.7 Å². The molecule has 0 radical (unpaired) electrons. The van der Waals surface area contributed by atoms with Gasteiger partial charge in [0, 0.05) is 6.08 Å². The predicted octanol–water partition coefficient (Wildman–Crippen LogP) is 0.273. The summed E-state index contributed by atoms with van der Waals surface area (Å²) >= 11 is 5.20. The molecule has 1 atom stereocenters. The van der Waals surface area contributed by atoms with Crippen LogP contribution in [0.2, 0.25) is 0 Å². The van der Waals surface area contributed by atoms with E-state index in [9.17, 15) is 4.79 Å². The van der Waals surface area contributed by atoms with Gasteiger partial charge in [0.05, 0.1) is 6.61 Å². The second-order valence-electron chi connectivity index (χ2n) is 1.23. The molecule has 0 spiro atoms. The minimum absolute atomic E-state index is 0.388. The van der Waals surface area contributed by atoms with Gasteiger partial charge in [-0.2, -0.15) is 0 Å². The van der Waals surface area contributed by atoms with Crippen LogP contribution >= 0.6 is 11.6 Å². The quantitative estimate of drug-likeness (QED) is 0.357. The van der Waals surface area contributed by atoms with Crippen molar-refractivity contribution in [3.8, 4) is 0 Å². The van der Waals surface area contributed by atoms with Crippen molar-refractivity contribution in [1.29, 1.82) is 0 Å². The third kappa shape index (κ3) is 4.00. The Bertz CT molecular complexity index is 113. The number of alkyl halides is 1. The summed E-state index contributed by atoms with van der Waals surface area (Å²) in [6.45, 7) is 2.75. The van der Waals surface area contributed by atoms with Crippen LogP contribution in [0.3, 0.4) is 0 Å². The number of esters is 1. The summed E-state index contributed by atoms with van der Waals surface area (Å²) in [6.07, 6.45) is 0.977. The lowest BCUT2D eigenvalue weighted by Gasteiger charge is -2.03. The summed E-state index contributed by atoms with van der Waals surface area (Å²) in [6, 6.07) is 0. The number of aliphatic hydroxyl groups excluding tert-OH is 1. The van der Waals surface area contributed by atoms with E-state index in [0.29, 0.717) is 0 Å². The molecule has 52 valence electrons. The Morgan fingerprint density at radius 3 is 2.89 bits per heavy atom. The number of hydrogen-bond donors (Lipinski definition) is 1. The number of carbonyl (C=O) groups excluding carboxylic acids is 1. The van der Waals surface area contributed by atoms with Crippen molar-refractivity contribution in [2.24, 2.45) is 0 Å². The monoisotopic (exact) mass is 150 g/mol. The number of rotatable bonds is 3. The van der Waals surface area contributed by atoms with Crippen LogP contribution < -0.4 is 0 Å². The zero-order valence-electron chi connectivity index (χ0n) is 4.71. The van der Waals surface area contributed by atoms with Crippen LogP contribution in [-0.2, 0) is 9.53 Å². The molecule has 1 unspecified atom stereocenters. The lowest BCUT2D eigenvalue weighted by atomic mass is 10.6. The summed E-state index contributed by atoms with van der Waals surface area (Å²) in [4.78, 5) is 10.2. The van der Waals surface area contributed by atoms with Crippen molar-refractivity contribution < 1.29 is 14.6 Å². The summed E-state index contributed by atoms with van der Waals surface area (Å²) in [5, 5.41) is 8.24. The standard InChI is InChI=1S/C5H7ClO3/c1-2-5(8)9-4(6)3-7/h2,4,7H,1,3H2. The molecule has 0 aromatic carbocycles. The maximum atomic E-state index is 10.2. The molecule has 0 aliphatic rings. The van der Waals surface area contributed by atoms with E-state index in [4.69, 9.17) is 16.7 Å². The van der Waals surface area contributed by atoms with E-state index < -0.39 is 11.5 Å². The smallest absolute Gasteiger partial charge is 0.331 e. The largest absolute Gasteiger partial charge is 0.440 e. The van der Waals surface area contributed by atoms with Crippen molar-refractivity contribution in [3.63, 3.8) is 0 Å². The summed E-state index contributed by atoms with van der Waals surface area (Å²) < 4.78 is 4.31. The topological polar surface area (TPSA) is 46.5 Å². The molecule has 4 heteroatoms. The molecule has 0 bridgehead atoms. The highest BCUT2D eigenvalue weighted by molar-refractivity contribution is 6.20. The van der Waals surface area contributed by atoms with Gasteiger partial charge in [-0.15, -0.1) is 0 Å². The fourth-order valence-electron chi connectivity index (χ4n) is 0.211. The van der Waals surface area contributed by atoms with Crippen molar-refractivity contribution in [3.05, 3.63) is 12.7 Å². The zero-order chi connectivity index (χ0) is 7.28. The normalized spacial score (nSPS) is 12.2. The first kappa shape index (κ1) is 8.46. The molecular weight excluding hydrogens is 144 g/mol. The van der Waals surface area contributed by atoms with Gasteiger partial charge < -0.3 is 9.84 Å². The van der Waals surface area contributed by atoms with Gasteiger partial charge in [-0.1, -0.05) is 18.2 Å². The van der Waals surface area contributed by atoms with Gasteiger partial charge in [-0.3, -0.25) is 0 Å². The number of aliphatic hydroxyl groups is 1. The van der Waals surface area contributed by atoms with E-state index in [1.54, 1.807) is 0 Å². The third-order valence-electron chi connectivity index (χ3n) is 0.554. The van der Waals surface area contributed by atoms with E-state index in [1.807, 2.05) is 0 Å². The second-order valence-corrected chi connectivity index (χ2v) is 1.72.